The molecular formula is C15H24O5Si. The van der Waals surface area contributed by atoms with Crippen LogP contribution < -0.4 is 0 Å². The van der Waals surface area contributed by atoms with E-state index in [-0.39, 0.29) is 5.97 Å². The number of ether oxygens (including phenoxy) is 1. The molecule has 0 aliphatic carbocycles. The van der Waals surface area contributed by atoms with E-state index in [0.717, 1.165) is 5.56 Å². The fourth-order valence-corrected chi connectivity index (χ4v) is 4.22. The van der Waals surface area contributed by atoms with E-state index in [4.69, 9.17) is 18.0 Å². The first-order valence-corrected chi connectivity index (χ1v) is 8.80. The van der Waals surface area contributed by atoms with Gasteiger partial charge in [-0.25, -0.2) is 0 Å². The minimum absolute atomic E-state index is 0.270. The molecule has 0 aliphatic heterocycles. The predicted octanol–water partition coefficient (Wildman–Crippen LogP) is 2.36. The fourth-order valence-electron chi connectivity index (χ4n) is 2.16. The monoisotopic (exact) mass is 312 g/mol. The van der Waals surface area contributed by atoms with E-state index >= 15 is 0 Å². The van der Waals surface area contributed by atoms with Crippen LogP contribution in [0.3, 0.4) is 0 Å². The molecular weight excluding hydrogens is 288 g/mol. The SMILES string of the molecule is CCC(OC(=O)CCc1ccccc1)[Si](OC)(OC)OC. The lowest BCUT2D eigenvalue weighted by Crippen LogP contribution is -2.55. The van der Waals surface area contributed by atoms with Gasteiger partial charge in [0.25, 0.3) is 0 Å². The Morgan fingerprint density at radius 3 is 2.14 bits per heavy atom. The van der Waals surface area contributed by atoms with Crippen LogP contribution in [0.4, 0.5) is 0 Å². The molecule has 0 radical (unpaired) electrons. The molecule has 0 N–H and O–H groups in total. The highest BCUT2D eigenvalue weighted by Gasteiger charge is 2.49. The minimum atomic E-state index is -2.96. The Balaban J connectivity index is 2.58. The number of carbonyl (C=O) groups excluding carboxylic acids is 1. The molecule has 1 aromatic carbocycles. The summed E-state index contributed by atoms with van der Waals surface area (Å²) >= 11 is 0. The molecule has 0 spiro atoms. The summed E-state index contributed by atoms with van der Waals surface area (Å²) in [4.78, 5) is 12.0. The lowest BCUT2D eigenvalue weighted by Gasteiger charge is -2.31. The number of carbonyl (C=O) groups is 1. The molecule has 0 saturated carbocycles. The van der Waals surface area contributed by atoms with E-state index < -0.39 is 14.5 Å². The highest BCUT2D eigenvalue weighted by molar-refractivity contribution is 6.62. The largest absolute Gasteiger partial charge is 0.543 e. The van der Waals surface area contributed by atoms with Gasteiger partial charge in [0.05, 0.1) is 0 Å². The molecule has 1 aromatic rings. The highest BCUT2D eigenvalue weighted by Crippen LogP contribution is 2.19. The van der Waals surface area contributed by atoms with Crippen molar-refractivity contribution in [3.63, 3.8) is 0 Å². The number of hydrogen-bond acceptors (Lipinski definition) is 5. The second-order valence-electron chi connectivity index (χ2n) is 4.59. The van der Waals surface area contributed by atoms with Crippen LogP contribution in [0.25, 0.3) is 0 Å². The Bertz CT molecular complexity index is 411. The molecule has 0 fully saturated rings. The Kier molecular flexibility index (Phi) is 7.59. The van der Waals surface area contributed by atoms with Gasteiger partial charge in [0.1, 0.15) is 0 Å². The van der Waals surface area contributed by atoms with E-state index in [9.17, 15) is 4.79 Å². The first-order chi connectivity index (χ1) is 10.1. The summed E-state index contributed by atoms with van der Waals surface area (Å²) in [6.45, 7) is 1.91. The van der Waals surface area contributed by atoms with Crippen molar-refractivity contribution in [2.45, 2.75) is 31.9 Å². The zero-order valence-corrected chi connectivity index (χ0v) is 14.1. The van der Waals surface area contributed by atoms with Crippen LogP contribution in [-0.4, -0.2) is 41.8 Å². The lowest BCUT2D eigenvalue weighted by molar-refractivity contribution is -0.148. The summed E-state index contributed by atoms with van der Waals surface area (Å²) < 4.78 is 21.6. The minimum Gasteiger partial charge on any atom is -0.458 e. The van der Waals surface area contributed by atoms with Gasteiger partial charge in [0.15, 0.2) is 5.73 Å². The first kappa shape index (κ1) is 17.8. The third-order valence-corrected chi connectivity index (χ3v) is 6.37. The van der Waals surface area contributed by atoms with Crippen molar-refractivity contribution < 1.29 is 22.8 Å². The Morgan fingerprint density at radius 1 is 1.10 bits per heavy atom. The number of esters is 1. The van der Waals surface area contributed by atoms with Gasteiger partial charge in [0, 0.05) is 27.8 Å². The van der Waals surface area contributed by atoms with E-state index in [0.29, 0.717) is 19.3 Å². The van der Waals surface area contributed by atoms with Gasteiger partial charge >= 0.3 is 14.8 Å². The molecule has 1 unspecified atom stereocenters. The molecule has 118 valence electrons. The number of rotatable bonds is 9. The lowest BCUT2D eigenvalue weighted by atomic mass is 10.1. The second-order valence-corrected chi connectivity index (χ2v) is 7.66. The summed E-state index contributed by atoms with van der Waals surface area (Å²) in [5.41, 5.74) is 0.622. The molecule has 5 nitrogen and oxygen atoms in total. The standard InChI is InChI=1S/C15H24O5Si/c1-5-15(21(17-2,18-3)19-4)20-14(16)12-11-13-9-7-6-8-10-13/h6-10,15H,5,11-12H2,1-4H3. The van der Waals surface area contributed by atoms with Crippen molar-refractivity contribution in [2.24, 2.45) is 0 Å². The Hall–Kier alpha value is -1.21. The van der Waals surface area contributed by atoms with Crippen LogP contribution in [0.5, 0.6) is 0 Å². The van der Waals surface area contributed by atoms with Crippen LogP contribution in [0.15, 0.2) is 30.3 Å². The zero-order valence-electron chi connectivity index (χ0n) is 13.1. The van der Waals surface area contributed by atoms with Gasteiger partial charge < -0.3 is 18.0 Å². The maximum atomic E-state index is 12.0. The second kappa shape index (κ2) is 8.94. The van der Waals surface area contributed by atoms with Gasteiger partial charge in [-0.3, -0.25) is 4.79 Å². The topological polar surface area (TPSA) is 54.0 Å². The van der Waals surface area contributed by atoms with Crippen molar-refractivity contribution in [2.75, 3.05) is 21.3 Å². The first-order valence-electron chi connectivity index (χ1n) is 7.00. The van der Waals surface area contributed by atoms with E-state index in [2.05, 4.69) is 0 Å². The quantitative estimate of drug-likeness (QED) is 0.517. The average Bonchev–Trinajstić information content (AvgIpc) is 2.54. The van der Waals surface area contributed by atoms with Crippen LogP contribution in [0.1, 0.15) is 25.3 Å². The maximum absolute atomic E-state index is 12.0. The van der Waals surface area contributed by atoms with E-state index in [1.807, 2.05) is 37.3 Å². The number of benzene rings is 1. The molecule has 21 heavy (non-hydrogen) atoms. The van der Waals surface area contributed by atoms with Crippen LogP contribution in [-0.2, 0) is 29.2 Å². The van der Waals surface area contributed by atoms with E-state index in [1.54, 1.807) is 0 Å². The third kappa shape index (κ3) is 4.92. The Labute approximate surface area is 127 Å². The van der Waals surface area contributed by atoms with Gasteiger partial charge in [-0.05, 0) is 18.4 Å². The molecule has 1 rings (SSSR count). The summed E-state index contributed by atoms with van der Waals surface area (Å²) in [5, 5.41) is 0. The van der Waals surface area contributed by atoms with Crippen molar-refractivity contribution in [3.05, 3.63) is 35.9 Å². The van der Waals surface area contributed by atoms with Crippen molar-refractivity contribution in [1.82, 2.24) is 0 Å². The summed E-state index contributed by atoms with van der Waals surface area (Å²) in [5.74, 6) is -0.270. The van der Waals surface area contributed by atoms with Crippen LogP contribution in [0, 0.1) is 0 Å². The van der Waals surface area contributed by atoms with Crippen LogP contribution in [0.2, 0.25) is 0 Å². The van der Waals surface area contributed by atoms with Crippen molar-refractivity contribution in [1.29, 1.82) is 0 Å². The molecule has 6 heteroatoms. The van der Waals surface area contributed by atoms with Gasteiger partial charge in [0.2, 0.25) is 0 Å². The highest BCUT2D eigenvalue weighted by atomic mass is 28.4. The predicted molar refractivity (Wildman–Crippen MR) is 81.7 cm³/mol. The summed E-state index contributed by atoms with van der Waals surface area (Å²) in [6, 6.07) is 9.83. The third-order valence-electron chi connectivity index (χ3n) is 3.35. The molecule has 0 aliphatic rings. The number of hydrogen-bond donors (Lipinski definition) is 0. The fraction of sp³-hybridized carbons (Fsp3) is 0.533. The molecule has 0 bridgehead atoms. The molecule has 1 atom stereocenters. The van der Waals surface area contributed by atoms with Crippen LogP contribution >= 0.6 is 0 Å². The smallest absolute Gasteiger partial charge is 0.458 e. The average molecular weight is 312 g/mol. The maximum Gasteiger partial charge on any atom is 0.543 e. The molecule has 0 heterocycles. The van der Waals surface area contributed by atoms with Crippen molar-refractivity contribution >= 4 is 14.8 Å². The number of aryl methyl sites for hydroxylation is 1. The molecule has 0 aromatic heterocycles. The van der Waals surface area contributed by atoms with Gasteiger partial charge in [-0.2, -0.15) is 0 Å². The van der Waals surface area contributed by atoms with Crippen molar-refractivity contribution in [3.8, 4) is 0 Å². The zero-order chi connectivity index (χ0) is 15.7. The molecule has 0 amide bonds. The Morgan fingerprint density at radius 2 is 1.67 bits per heavy atom. The summed E-state index contributed by atoms with van der Waals surface area (Å²) in [7, 11) is 1.58. The normalized spacial score (nSPS) is 13.0. The molecule has 0 saturated heterocycles. The van der Waals surface area contributed by atoms with Gasteiger partial charge in [-0.15, -0.1) is 0 Å². The van der Waals surface area contributed by atoms with E-state index in [1.165, 1.54) is 21.3 Å². The van der Waals surface area contributed by atoms with Gasteiger partial charge in [-0.1, -0.05) is 37.3 Å². The summed E-state index contributed by atoms with van der Waals surface area (Å²) in [6.07, 6.45) is 1.55.